The van der Waals surface area contributed by atoms with Crippen LogP contribution in [0.25, 0.3) is 0 Å². The van der Waals surface area contributed by atoms with Crippen LogP contribution in [0.4, 0.5) is 0 Å². The number of rotatable bonds is 9. The summed E-state index contributed by atoms with van der Waals surface area (Å²) in [6.45, 7) is 8.10. The molecule has 0 aliphatic rings. The van der Waals surface area contributed by atoms with E-state index in [0.29, 0.717) is 31.3 Å². The molecule has 0 heterocycles. The van der Waals surface area contributed by atoms with Crippen LogP contribution in [-0.2, 0) is 12.0 Å². The highest BCUT2D eigenvalue weighted by Crippen LogP contribution is 2.29. The smallest absolute Gasteiger partial charge is 0.161 e. The summed E-state index contributed by atoms with van der Waals surface area (Å²) in [6.07, 6.45) is 1.10. The van der Waals surface area contributed by atoms with Gasteiger partial charge in [0, 0.05) is 6.54 Å². The van der Waals surface area contributed by atoms with Gasteiger partial charge in [0.1, 0.15) is 19.0 Å². The first kappa shape index (κ1) is 19.1. The normalized spacial score (nSPS) is 11.2. The standard InChI is InChI=1S/C21H29NO3/c1-5-21(2,3)17-7-9-18(10-8-17)24-12-13-25-19-11-6-16(15-22)14-20(19)23-4/h6-11,14H,5,12-13,15,22H2,1-4H3. The van der Waals surface area contributed by atoms with Crippen molar-refractivity contribution in [1.82, 2.24) is 0 Å². The highest BCUT2D eigenvalue weighted by molar-refractivity contribution is 5.42. The highest BCUT2D eigenvalue weighted by atomic mass is 16.5. The van der Waals surface area contributed by atoms with Gasteiger partial charge < -0.3 is 19.9 Å². The van der Waals surface area contributed by atoms with E-state index in [0.717, 1.165) is 17.7 Å². The Labute approximate surface area is 150 Å². The van der Waals surface area contributed by atoms with E-state index in [4.69, 9.17) is 19.9 Å². The third-order valence-corrected chi connectivity index (χ3v) is 4.59. The van der Waals surface area contributed by atoms with E-state index in [9.17, 15) is 0 Å². The van der Waals surface area contributed by atoms with Crippen LogP contribution in [0.3, 0.4) is 0 Å². The number of methoxy groups -OCH3 is 1. The summed E-state index contributed by atoms with van der Waals surface area (Å²) < 4.78 is 16.9. The van der Waals surface area contributed by atoms with Gasteiger partial charge in [0.25, 0.3) is 0 Å². The summed E-state index contributed by atoms with van der Waals surface area (Å²) >= 11 is 0. The van der Waals surface area contributed by atoms with Crippen molar-refractivity contribution in [2.24, 2.45) is 5.73 Å². The van der Waals surface area contributed by atoms with Crippen LogP contribution in [0.1, 0.15) is 38.3 Å². The van der Waals surface area contributed by atoms with E-state index in [1.807, 2.05) is 30.3 Å². The Morgan fingerprint density at radius 1 is 0.920 bits per heavy atom. The van der Waals surface area contributed by atoms with Gasteiger partial charge in [0.2, 0.25) is 0 Å². The lowest BCUT2D eigenvalue weighted by Crippen LogP contribution is -2.15. The van der Waals surface area contributed by atoms with Gasteiger partial charge in [-0.2, -0.15) is 0 Å². The molecule has 2 aromatic rings. The van der Waals surface area contributed by atoms with Gasteiger partial charge in [-0.25, -0.2) is 0 Å². The molecular weight excluding hydrogens is 314 g/mol. The van der Waals surface area contributed by atoms with E-state index in [1.165, 1.54) is 5.56 Å². The molecule has 0 aromatic heterocycles. The maximum Gasteiger partial charge on any atom is 0.161 e. The van der Waals surface area contributed by atoms with Crippen LogP contribution in [0.15, 0.2) is 42.5 Å². The molecule has 2 rings (SSSR count). The molecule has 0 spiro atoms. The van der Waals surface area contributed by atoms with Crippen molar-refractivity contribution < 1.29 is 14.2 Å². The van der Waals surface area contributed by atoms with Gasteiger partial charge >= 0.3 is 0 Å². The number of hydrogen-bond acceptors (Lipinski definition) is 4. The van der Waals surface area contributed by atoms with Crippen LogP contribution in [0, 0.1) is 0 Å². The molecule has 0 amide bonds. The Bertz CT molecular complexity index is 665. The summed E-state index contributed by atoms with van der Waals surface area (Å²) in [7, 11) is 1.62. The zero-order chi connectivity index (χ0) is 18.3. The Kier molecular flexibility index (Phi) is 6.71. The summed E-state index contributed by atoms with van der Waals surface area (Å²) in [5.74, 6) is 2.24. The van der Waals surface area contributed by atoms with E-state index >= 15 is 0 Å². The lowest BCUT2D eigenvalue weighted by molar-refractivity contribution is 0.211. The quantitative estimate of drug-likeness (QED) is 0.690. The topological polar surface area (TPSA) is 53.7 Å². The molecule has 136 valence electrons. The largest absolute Gasteiger partial charge is 0.493 e. The van der Waals surface area contributed by atoms with E-state index in [1.54, 1.807) is 7.11 Å². The summed E-state index contributed by atoms with van der Waals surface area (Å²) in [4.78, 5) is 0. The van der Waals surface area contributed by atoms with E-state index in [-0.39, 0.29) is 5.41 Å². The molecule has 0 bridgehead atoms. The average Bonchev–Trinajstić information content (AvgIpc) is 2.65. The fraction of sp³-hybridized carbons (Fsp3) is 0.429. The van der Waals surface area contributed by atoms with Gasteiger partial charge in [-0.15, -0.1) is 0 Å². The highest BCUT2D eigenvalue weighted by Gasteiger charge is 2.17. The molecular formula is C21H29NO3. The van der Waals surface area contributed by atoms with Crippen molar-refractivity contribution in [1.29, 1.82) is 0 Å². The Morgan fingerprint density at radius 2 is 1.60 bits per heavy atom. The van der Waals surface area contributed by atoms with Crippen LogP contribution in [0.5, 0.6) is 17.2 Å². The number of ether oxygens (including phenoxy) is 3. The number of hydrogen-bond donors (Lipinski definition) is 1. The van der Waals surface area contributed by atoms with Crippen molar-refractivity contribution in [3.63, 3.8) is 0 Å². The van der Waals surface area contributed by atoms with Crippen molar-refractivity contribution in [3.8, 4) is 17.2 Å². The molecule has 0 unspecified atom stereocenters. The monoisotopic (exact) mass is 343 g/mol. The van der Waals surface area contributed by atoms with Crippen molar-refractivity contribution in [2.75, 3.05) is 20.3 Å². The van der Waals surface area contributed by atoms with E-state index < -0.39 is 0 Å². The summed E-state index contributed by atoms with van der Waals surface area (Å²) in [5, 5.41) is 0. The van der Waals surface area contributed by atoms with Crippen molar-refractivity contribution in [3.05, 3.63) is 53.6 Å². The molecule has 4 nitrogen and oxygen atoms in total. The van der Waals surface area contributed by atoms with Gasteiger partial charge in [-0.3, -0.25) is 0 Å². The number of nitrogens with two attached hydrogens (primary N) is 1. The molecule has 2 aromatic carbocycles. The lowest BCUT2D eigenvalue weighted by atomic mass is 9.82. The van der Waals surface area contributed by atoms with Gasteiger partial charge in [0.05, 0.1) is 7.11 Å². The minimum absolute atomic E-state index is 0.188. The first-order valence-corrected chi connectivity index (χ1v) is 8.73. The zero-order valence-corrected chi connectivity index (χ0v) is 15.7. The molecule has 0 saturated carbocycles. The van der Waals surface area contributed by atoms with Crippen molar-refractivity contribution >= 4 is 0 Å². The number of benzene rings is 2. The second-order valence-electron chi connectivity index (χ2n) is 6.65. The minimum atomic E-state index is 0.188. The summed E-state index contributed by atoms with van der Waals surface area (Å²) in [6, 6.07) is 14.0. The van der Waals surface area contributed by atoms with Crippen LogP contribution < -0.4 is 19.9 Å². The average molecular weight is 343 g/mol. The molecule has 2 N–H and O–H groups in total. The fourth-order valence-electron chi connectivity index (χ4n) is 2.48. The van der Waals surface area contributed by atoms with Crippen LogP contribution >= 0.6 is 0 Å². The zero-order valence-electron chi connectivity index (χ0n) is 15.7. The predicted molar refractivity (Wildman–Crippen MR) is 102 cm³/mol. The third-order valence-electron chi connectivity index (χ3n) is 4.59. The molecule has 0 saturated heterocycles. The SMILES string of the molecule is CCC(C)(C)c1ccc(OCCOc2ccc(CN)cc2OC)cc1. The predicted octanol–water partition coefficient (Wildman–Crippen LogP) is 4.30. The van der Waals surface area contributed by atoms with Gasteiger partial charge in [-0.05, 0) is 47.2 Å². The molecule has 0 aliphatic heterocycles. The second-order valence-corrected chi connectivity index (χ2v) is 6.65. The molecule has 25 heavy (non-hydrogen) atoms. The molecule has 4 heteroatoms. The maximum atomic E-state index is 5.76. The molecule has 0 radical (unpaired) electrons. The van der Waals surface area contributed by atoms with Gasteiger partial charge in [-0.1, -0.05) is 39.0 Å². The molecule has 0 atom stereocenters. The molecule has 0 fully saturated rings. The van der Waals surface area contributed by atoms with E-state index in [2.05, 4.69) is 32.9 Å². The lowest BCUT2D eigenvalue weighted by Gasteiger charge is -2.23. The second kappa shape index (κ2) is 8.77. The maximum absolute atomic E-state index is 5.76. The first-order chi connectivity index (χ1) is 12.0. The molecule has 0 aliphatic carbocycles. The first-order valence-electron chi connectivity index (χ1n) is 8.73. The van der Waals surface area contributed by atoms with Crippen LogP contribution in [0.2, 0.25) is 0 Å². The van der Waals surface area contributed by atoms with Crippen molar-refractivity contribution in [2.45, 2.75) is 39.2 Å². The Hall–Kier alpha value is -2.20. The van der Waals surface area contributed by atoms with Crippen LogP contribution in [-0.4, -0.2) is 20.3 Å². The Morgan fingerprint density at radius 3 is 2.20 bits per heavy atom. The van der Waals surface area contributed by atoms with Gasteiger partial charge in [0.15, 0.2) is 11.5 Å². The fourth-order valence-corrected chi connectivity index (χ4v) is 2.48. The minimum Gasteiger partial charge on any atom is -0.493 e. The third kappa shape index (κ3) is 5.13. The Balaban J connectivity index is 1.85. The summed E-state index contributed by atoms with van der Waals surface area (Å²) in [5.41, 5.74) is 8.16.